The predicted octanol–water partition coefficient (Wildman–Crippen LogP) is -0.148. The lowest BCUT2D eigenvalue weighted by atomic mass is 9.95. The topological polar surface area (TPSA) is 107 Å². The molecule has 18 heavy (non-hydrogen) atoms. The van der Waals surface area contributed by atoms with Crippen LogP contribution in [0.2, 0.25) is 0 Å². The number of hydrogen-bond donors (Lipinski definition) is 1. The van der Waals surface area contributed by atoms with Gasteiger partial charge in [0, 0.05) is 0 Å². The van der Waals surface area contributed by atoms with Crippen molar-refractivity contribution >= 4 is 17.5 Å². The van der Waals surface area contributed by atoms with Crippen molar-refractivity contribution in [1.29, 1.82) is 0 Å². The lowest BCUT2D eigenvalue weighted by molar-refractivity contribution is -0.148. The van der Waals surface area contributed by atoms with Gasteiger partial charge in [-0.1, -0.05) is 0 Å². The molecular formula is C10H12N4O4. The first-order valence-electron chi connectivity index (χ1n) is 5.36. The number of esters is 2. The zero-order chi connectivity index (χ0) is 13.3. The number of carbonyl (C=O) groups is 2. The van der Waals surface area contributed by atoms with Crippen LogP contribution in [0.3, 0.4) is 0 Å². The van der Waals surface area contributed by atoms with Crippen molar-refractivity contribution in [2.24, 2.45) is 0 Å². The first-order chi connectivity index (χ1) is 8.47. The second kappa shape index (κ2) is 4.21. The molecule has 1 aromatic heterocycles. The number of nitrogens with one attached hydrogen (secondary N) is 1. The van der Waals surface area contributed by atoms with E-state index in [4.69, 9.17) is 9.47 Å². The summed E-state index contributed by atoms with van der Waals surface area (Å²) < 4.78 is 9.96. The van der Waals surface area contributed by atoms with Crippen molar-refractivity contribution in [3.8, 4) is 0 Å². The molecule has 8 nitrogen and oxygen atoms in total. The maximum Gasteiger partial charge on any atom is 0.347 e. The van der Waals surface area contributed by atoms with Crippen LogP contribution in [0.4, 0.5) is 0 Å². The summed E-state index contributed by atoms with van der Waals surface area (Å²) >= 11 is 0. The van der Waals surface area contributed by atoms with Crippen molar-refractivity contribution in [3.63, 3.8) is 0 Å². The van der Waals surface area contributed by atoms with Gasteiger partial charge in [0.05, 0.1) is 12.2 Å². The van der Waals surface area contributed by atoms with Crippen LogP contribution >= 0.6 is 0 Å². The Balaban J connectivity index is 2.56. The smallest absolute Gasteiger partial charge is 0.347 e. The van der Waals surface area contributed by atoms with Gasteiger partial charge in [-0.3, -0.25) is 0 Å². The summed E-state index contributed by atoms with van der Waals surface area (Å²) in [7, 11) is 0. The van der Waals surface area contributed by atoms with Crippen LogP contribution in [-0.2, 0) is 19.1 Å². The van der Waals surface area contributed by atoms with E-state index < -0.39 is 17.5 Å². The van der Waals surface area contributed by atoms with Crippen LogP contribution in [0, 0.1) is 0 Å². The average molecular weight is 252 g/mol. The lowest BCUT2D eigenvalue weighted by Gasteiger charge is -2.18. The second-order valence-corrected chi connectivity index (χ2v) is 4.11. The molecule has 0 bridgehead atoms. The molecular weight excluding hydrogens is 240 g/mol. The zero-order valence-corrected chi connectivity index (χ0v) is 10.2. The van der Waals surface area contributed by atoms with Gasteiger partial charge in [0.1, 0.15) is 5.60 Å². The molecule has 1 aliphatic heterocycles. The number of hydrogen-bond acceptors (Lipinski definition) is 7. The van der Waals surface area contributed by atoms with E-state index in [-0.39, 0.29) is 23.6 Å². The minimum Gasteiger partial charge on any atom is -0.462 e. The predicted molar refractivity (Wildman–Crippen MR) is 57.9 cm³/mol. The molecule has 0 saturated heterocycles. The monoisotopic (exact) mass is 252 g/mol. The SMILES string of the molecule is CCOC(=O)C1=C(c2nn[nH]n2)C(C)(C)OC1=O. The van der Waals surface area contributed by atoms with Crippen LogP contribution < -0.4 is 0 Å². The lowest BCUT2D eigenvalue weighted by Crippen LogP contribution is -2.22. The van der Waals surface area contributed by atoms with Gasteiger partial charge in [-0.05, 0) is 26.0 Å². The number of carbonyl (C=O) groups excluding carboxylic acids is 2. The third kappa shape index (κ3) is 1.85. The van der Waals surface area contributed by atoms with E-state index in [1.54, 1.807) is 20.8 Å². The summed E-state index contributed by atoms with van der Waals surface area (Å²) in [5.74, 6) is -1.33. The fourth-order valence-corrected chi connectivity index (χ4v) is 1.77. The Morgan fingerprint density at radius 3 is 2.78 bits per heavy atom. The highest BCUT2D eigenvalue weighted by Crippen LogP contribution is 2.38. The van der Waals surface area contributed by atoms with Crippen molar-refractivity contribution < 1.29 is 19.1 Å². The summed E-state index contributed by atoms with van der Waals surface area (Å²) in [6, 6.07) is 0. The molecule has 0 aromatic carbocycles. The molecule has 8 heteroatoms. The van der Waals surface area contributed by atoms with Gasteiger partial charge >= 0.3 is 11.9 Å². The Bertz CT molecular complexity index is 518. The van der Waals surface area contributed by atoms with E-state index in [1.807, 2.05) is 0 Å². The standard InChI is InChI=1S/C10H12N4O4/c1-4-17-8(15)5-6(7-11-13-14-12-7)10(2,3)18-9(5)16/h4H2,1-3H3,(H,11,12,13,14). The number of tetrazole rings is 1. The summed E-state index contributed by atoms with van der Waals surface area (Å²) in [5.41, 5.74) is -0.897. The molecule has 1 aliphatic rings. The molecule has 0 fully saturated rings. The van der Waals surface area contributed by atoms with E-state index >= 15 is 0 Å². The molecule has 2 rings (SSSR count). The highest BCUT2D eigenvalue weighted by molar-refractivity contribution is 6.23. The number of cyclic esters (lactones) is 1. The van der Waals surface area contributed by atoms with Gasteiger partial charge < -0.3 is 9.47 Å². The second-order valence-electron chi connectivity index (χ2n) is 4.11. The highest BCUT2D eigenvalue weighted by atomic mass is 16.6. The minimum absolute atomic E-state index is 0.147. The number of aromatic amines is 1. The third-order valence-electron chi connectivity index (χ3n) is 2.45. The third-order valence-corrected chi connectivity index (χ3v) is 2.45. The van der Waals surface area contributed by atoms with Gasteiger partial charge in [0.25, 0.3) is 0 Å². The first-order valence-corrected chi connectivity index (χ1v) is 5.36. The van der Waals surface area contributed by atoms with Gasteiger partial charge in [-0.15, -0.1) is 10.2 Å². The minimum atomic E-state index is -0.997. The van der Waals surface area contributed by atoms with E-state index in [9.17, 15) is 9.59 Å². The molecule has 0 radical (unpaired) electrons. The van der Waals surface area contributed by atoms with E-state index in [1.165, 1.54) is 0 Å². The Hall–Kier alpha value is -2.25. The Morgan fingerprint density at radius 2 is 2.22 bits per heavy atom. The molecule has 2 heterocycles. The molecule has 0 atom stereocenters. The summed E-state index contributed by atoms with van der Waals surface area (Å²) in [6.45, 7) is 5.10. The summed E-state index contributed by atoms with van der Waals surface area (Å²) in [5, 5.41) is 13.2. The van der Waals surface area contributed by atoms with Gasteiger partial charge in [0.2, 0.25) is 5.82 Å². The van der Waals surface area contributed by atoms with Crippen LogP contribution in [0.1, 0.15) is 26.6 Å². The molecule has 0 spiro atoms. The summed E-state index contributed by atoms with van der Waals surface area (Å²) in [4.78, 5) is 23.5. The van der Waals surface area contributed by atoms with Crippen LogP contribution in [0.15, 0.2) is 5.57 Å². The van der Waals surface area contributed by atoms with Crippen LogP contribution in [0.25, 0.3) is 5.57 Å². The van der Waals surface area contributed by atoms with Gasteiger partial charge in [0.15, 0.2) is 5.57 Å². The average Bonchev–Trinajstić information content (AvgIpc) is 2.83. The van der Waals surface area contributed by atoms with E-state index in [0.717, 1.165) is 0 Å². The van der Waals surface area contributed by atoms with Crippen molar-refractivity contribution in [2.75, 3.05) is 6.61 Å². The maximum atomic E-state index is 11.8. The van der Waals surface area contributed by atoms with Crippen LogP contribution in [0.5, 0.6) is 0 Å². The normalized spacial score (nSPS) is 17.8. The molecule has 0 unspecified atom stereocenters. The van der Waals surface area contributed by atoms with Crippen molar-refractivity contribution in [2.45, 2.75) is 26.4 Å². The van der Waals surface area contributed by atoms with Crippen LogP contribution in [-0.4, -0.2) is 44.8 Å². The largest absolute Gasteiger partial charge is 0.462 e. The number of aromatic nitrogens is 4. The number of ether oxygens (including phenoxy) is 2. The Morgan fingerprint density at radius 1 is 1.50 bits per heavy atom. The fourth-order valence-electron chi connectivity index (χ4n) is 1.77. The number of H-pyrrole nitrogens is 1. The van der Waals surface area contributed by atoms with Crippen molar-refractivity contribution in [1.82, 2.24) is 20.6 Å². The van der Waals surface area contributed by atoms with Gasteiger partial charge in [-0.2, -0.15) is 5.21 Å². The zero-order valence-electron chi connectivity index (χ0n) is 10.2. The molecule has 96 valence electrons. The highest BCUT2D eigenvalue weighted by Gasteiger charge is 2.46. The quantitative estimate of drug-likeness (QED) is 0.588. The molecule has 0 aliphatic carbocycles. The number of rotatable bonds is 3. The molecule has 1 aromatic rings. The van der Waals surface area contributed by atoms with E-state index in [0.29, 0.717) is 0 Å². The molecule has 0 saturated carbocycles. The maximum absolute atomic E-state index is 11.8. The van der Waals surface area contributed by atoms with E-state index in [2.05, 4.69) is 20.6 Å². The Labute approximate surface area is 102 Å². The fraction of sp³-hybridized carbons (Fsp3) is 0.500. The summed E-state index contributed by atoms with van der Waals surface area (Å²) in [6.07, 6.45) is 0. The molecule has 1 N–H and O–H groups in total. The van der Waals surface area contributed by atoms with Gasteiger partial charge in [-0.25, -0.2) is 9.59 Å². The van der Waals surface area contributed by atoms with Crippen molar-refractivity contribution in [3.05, 3.63) is 11.4 Å². The Kier molecular flexibility index (Phi) is 2.85. The first kappa shape index (κ1) is 12.2. The number of nitrogens with zero attached hydrogens (tertiary/aromatic N) is 3. The molecule has 0 amide bonds.